The second kappa shape index (κ2) is 11.9. The van der Waals surface area contributed by atoms with Gasteiger partial charge in [-0.05, 0) is 52.2 Å². The number of ether oxygens (including phenoxy) is 2. The number of halogens is 1. The molecule has 4 aromatic carbocycles. The number of aromatic nitrogens is 2. The van der Waals surface area contributed by atoms with Crippen molar-refractivity contribution < 1.29 is 28.6 Å². The third-order valence-corrected chi connectivity index (χ3v) is 9.22. The summed E-state index contributed by atoms with van der Waals surface area (Å²) in [6.45, 7) is 0. The van der Waals surface area contributed by atoms with Crippen molar-refractivity contribution in [2.45, 2.75) is 16.1 Å². The summed E-state index contributed by atoms with van der Waals surface area (Å²) in [7, 11) is 2.93. The van der Waals surface area contributed by atoms with E-state index >= 15 is 0 Å². The van der Waals surface area contributed by atoms with Crippen LogP contribution in [0.2, 0.25) is 0 Å². The fraction of sp³-hybridized carbons (Fsp3) is 0.125. The summed E-state index contributed by atoms with van der Waals surface area (Å²) >= 11 is 2.63. The molecule has 0 aliphatic carbocycles. The normalized spacial score (nSPS) is 16.2. The molecule has 216 valence electrons. The van der Waals surface area contributed by atoms with E-state index in [9.17, 15) is 19.1 Å². The van der Waals surface area contributed by atoms with E-state index in [0.717, 1.165) is 27.7 Å². The maximum atomic E-state index is 13.9. The van der Waals surface area contributed by atoms with Crippen LogP contribution in [-0.4, -0.2) is 41.2 Å². The molecule has 1 N–H and O–H groups in total. The Morgan fingerprint density at radius 1 is 0.953 bits per heavy atom. The van der Waals surface area contributed by atoms with Gasteiger partial charge < -0.3 is 14.6 Å². The minimum absolute atomic E-state index is 0.163. The molecule has 1 aromatic heterocycles. The summed E-state index contributed by atoms with van der Waals surface area (Å²) in [6, 6.07) is 23.2. The molecule has 1 aliphatic rings. The maximum Gasteiger partial charge on any atom is 0.301 e. The van der Waals surface area contributed by atoms with Crippen LogP contribution < -0.4 is 14.4 Å². The Morgan fingerprint density at radius 2 is 1.70 bits per heavy atom. The third-order valence-electron chi connectivity index (χ3n) is 7.12. The van der Waals surface area contributed by atoms with Gasteiger partial charge in [-0.2, -0.15) is 0 Å². The lowest BCUT2D eigenvalue weighted by Crippen LogP contribution is -2.29. The van der Waals surface area contributed by atoms with Crippen LogP contribution in [0.3, 0.4) is 0 Å². The highest BCUT2D eigenvalue weighted by Crippen LogP contribution is 2.44. The molecule has 11 heteroatoms. The number of thioether (sulfide) groups is 1. The van der Waals surface area contributed by atoms with E-state index in [1.54, 1.807) is 12.1 Å². The molecule has 1 atom stereocenters. The van der Waals surface area contributed by atoms with Crippen molar-refractivity contribution in [1.82, 2.24) is 10.2 Å². The van der Waals surface area contributed by atoms with Crippen molar-refractivity contribution in [1.29, 1.82) is 0 Å². The summed E-state index contributed by atoms with van der Waals surface area (Å²) in [5.74, 6) is -1.29. The van der Waals surface area contributed by atoms with Crippen LogP contribution in [-0.2, 0) is 15.3 Å². The van der Waals surface area contributed by atoms with Crippen molar-refractivity contribution in [3.8, 4) is 11.5 Å². The number of ketones is 1. The van der Waals surface area contributed by atoms with E-state index in [1.165, 1.54) is 61.2 Å². The Balaban J connectivity index is 1.38. The molecular weight excluding hydrogens is 590 g/mol. The van der Waals surface area contributed by atoms with Gasteiger partial charge in [0.15, 0.2) is 15.8 Å². The lowest BCUT2D eigenvalue weighted by atomic mass is 9.95. The summed E-state index contributed by atoms with van der Waals surface area (Å²) in [4.78, 5) is 28.2. The van der Waals surface area contributed by atoms with Gasteiger partial charge in [0.25, 0.3) is 5.78 Å². The number of benzene rings is 4. The lowest BCUT2D eigenvalue weighted by Gasteiger charge is -2.22. The van der Waals surface area contributed by atoms with Gasteiger partial charge in [0.2, 0.25) is 5.13 Å². The highest BCUT2D eigenvalue weighted by atomic mass is 32.2. The van der Waals surface area contributed by atoms with Gasteiger partial charge in [0.05, 0.1) is 25.8 Å². The van der Waals surface area contributed by atoms with Crippen molar-refractivity contribution >= 4 is 56.5 Å². The highest BCUT2D eigenvalue weighted by Gasteiger charge is 2.48. The molecule has 1 saturated heterocycles. The average Bonchev–Trinajstić information content (AvgIpc) is 3.61. The summed E-state index contributed by atoms with van der Waals surface area (Å²) in [6.07, 6.45) is 0. The summed E-state index contributed by atoms with van der Waals surface area (Å²) in [5.41, 5.74) is 1.62. The largest absolute Gasteiger partial charge is 0.507 e. The molecule has 5 aromatic rings. The number of nitrogens with zero attached hydrogens (tertiary/aromatic N) is 3. The molecule has 1 fully saturated rings. The van der Waals surface area contributed by atoms with E-state index in [-0.39, 0.29) is 16.3 Å². The zero-order chi connectivity index (χ0) is 30.1. The smallest absolute Gasteiger partial charge is 0.301 e. The van der Waals surface area contributed by atoms with Crippen LogP contribution in [0.4, 0.5) is 9.52 Å². The van der Waals surface area contributed by atoms with Crippen molar-refractivity contribution in [2.75, 3.05) is 19.1 Å². The van der Waals surface area contributed by atoms with E-state index in [0.29, 0.717) is 27.2 Å². The molecule has 0 spiro atoms. The second-order valence-corrected chi connectivity index (χ2v) is 11.7. The van der Waals surface area contributed by atoms with Crippen LogP contribution in [0.25, 0.3) is 16.5 Å². The number of aliphatic hydroxyl groups excluding tert-OH is 1. The molecule has 8 nitrogen and oxygen atoms in total. The lowest BCUT2D eigenvalue weighted by molar-refractivity contribution is -0.132. The van der Waals surface area contributed by atoms with E-state index in [2.05, 4.69) is 34.5 Å². The van der Waals surface area contributed by atoms with Gasteiger partial charge in [-0.15, -0.1) is 10.2 Å². The fourth-order valence-corrected chi connectivity index (χ4v) is 6.92. The van der Waals surface area contributed by atoms with Gasteiger partial charge in [0.1, 0.15) is 11.6 Å². The first-order valence-electron chi connectivity index (χ1n) is 13.1. The Kier molecular flexibility index (Phi) is 7.83. The zero-order valence-electron chi connectivity index (χ0n) is 23.0. The van der Waals surface area contributed by atoms with Crippen LogP contribution in [0.15, 0.2) is 94.8 Å². The van der Waals surface area contributed by atoms with Crippen LogP contribution >= 0.6 is 23.1 Å². The SMILES string of the molecule is COc1ccc(/C(O)=C2\C(=O)C(=O)N(c3nnc(SCc4cccc5ccccc45)s3)C2c2ccc(F)cc2)cc1OC. The zero-order valence-corrected chi connectivity index (χ0v) is 24.6. The van der Waals surface area contributed by atoms with E-state index in [1.807, 2.05) is 18.2 Å². The number of Topliss-reactive ketones (excluding diaryl/α,β-unsaturated/α-hetero) is 1. The Hall–Kier alpha value is -4.74. The van der Waals surface area contributed by atoms with Crippen LogP contribution in [0, 0.1) is 5.82 Å². The molecule has 1 aliphatic heterocycles. The number of fused-ring (bicyclic) bond motifs is 1. The van der Waals surface area contributed by atoms with Gasteiger partial charge in [-0.3, -0.25) is 14.5 Å². The number of rotatable bonds is 8. The molecule has 0 radical (unpaired) electrons. The number of carbonyl (C=O) groups is 2. The van der Waals surface area contributed by atoms with E-state index in [4.69, 9.17) is 9.47 Å². The molecule has 1 amide bonds. The molecule has 6 rings (SSSR count). The van der Waals surface area contributed by atoms with Gasteiger partial charge in [0, 0.05) is 11.3 Å². The predicted molar refractivity (Wildman–Crippen MR) is 164 cm³/mol. The number of amides is 1. The topological polar surface area (TPSA) is 102 Å². The average molecular weight is 614 g/mol. The second-order valence-electron chi connectivity index (χ2n) is 9.57. The summed E-state index contributed by atoms with van der Waals surface area (Å²) in [5, 5.41) is 22.4. The summed E-state index contributed by atoms with van der Waals surface area (Å²) < 4.78 is 25.1. The first kappa shape index (κ1) is 28.4. The molecule has 43 heavy (non-hydrogen) atoms. The first-order chi connectivity index (χ1) is 20.9. The quantitative estimate of drug-likeness (QED) is 0.0673. The van der Waals surface area contributed by atoms with E-state index < -0.39 is 29.3 Å². The highest BCUT2D eigenvalue weighted by molar-refractivity contribution is 8.00. The van der Waals surface area contributed by atoms with Crippen LogP contribution in [0.1, 0.15) is 22.7 Å². The van der Waals surface area contributed by atoms with Crippen molar-refractivity contribution in [3.63, 3.8) is 0 Å². The number of carbonyl (C=O) groups excluding carboxylic acids is 2. The molecule has 1 unspecified atom stereocenters. The number of methoxy groups -OCH3 is 2. The van der Waals surface area contributed by atoms with Crippen LogP contribution in [0.5, 0.6) is 11.5 Å². The number of hydrogen-bond acceptors (Lipinski definition) is 9. The monoisotopic (exact) mass is 613 g/mol. The third kappa shape index (κ3) is 5.33. The molecule has 0 saturated carbocycles. The van der Waals surface area contributed by atoms with Gasteiger partial charge >= 0.3 is 5.91 Å². The number of aliphatic hydroxyl groups is 1. The molecular formula is C32H24FN3O5S2. The fourth-order valence-electron chi connectivity index (χ4n) is 5.05. The Bertz CT molecular complexity index is 1880. The molecule has 2 heterocycles. The maximum absolute atomic E-state index is 13.9. The van der Waals surface area contributed by atoms with Gasteiger partial charge in [-0.1, -0.05) is 77.7 Å². The Labute approximate surface area is 254 Å². The molecule has 0 bridgehead atoms. The van der Waals surface area contributed by atoms with Crippen molar-refractivity contribution in [2.24, 2.45) is 0 Å². The number of hydrogen-bond donors (Lipinski definition) is 1. The van der Waals surface area contributed by atoms with Gasteiger partial charge in [-0.25, -0.2) is 4.39 Å². The standard InChI is InChI=1S/C32H24FN3O5S2/c1-40-24-15-12-20(16-25(24)41-2)28(37)26-27(19-10-13-22(33)14-11-19)36(30(39)29(26)38)31-34-35-32(43-31)42-17-21-8-5-7-18-6-3-4-9-23(18)21/h3-16,27,37H,17H2,1-2H3/b28-26+. The predicted octanol–water partition coefficient (Wildman–Crippen LogP) is 6.77. The minimum Gasteiger partial charge on any atom is -0.507 e. The minimum atomic E-state index is -1.07. The van der Waals surface area contributed by atoms with Crippen molar-refractivity contribution in [3.05, 3.63) is 113 Å². The first-order valence-corrected chi connectivity index (χ1v) is 14.9. The Morgan fingerprint density at radius 3 is 2.47 bits per heavy atom. The number of anilines is 1.